The Morgan fingerprint density at radius 2 is 1.92 bits per heavy atom. The number of sulfonamides is 1. The molecular formula is C16H24Br2N2O3S. The van der Waals surface area contributed by atoms with Crippen molar-refractivity contribution in [3.8, 4) is 0 Å². The van der Waals surface area contributed by atoms with Gasteiger partial charge < -0.3 is 4.74 Å². The van der Waals surface area contributed by atoms with Crippen LogP contribution in [0.25, 0.3) is 0 Å². The van der Waals surface area contributed by atoms with Gasteiger partial charge >= 0.3 is 0 Å². The number of nitrogens with one attached hydrogen (secondary N) is 1. The summed E-state index contributed by atoms with van der Waals surface area (Å²) in [6.45, 7) is 7.83. The Labute approximate surface area is 161 Å². The molecule has 0 bridgehead atoms. The molecule has 1 aliphatic heterocycles. The van der Waals surface area contributed by atoms with Gasteiger partial charge in [-0.3, -0.25) is 4.90 Å². The molecule has 136 valence electrons. The normalized spacial score (nSPS) is 18.0. The van der Waals surface area contributed by atoms with E-state index >= 15 is 0 Å². The first kappa shape index (κ1) is 20.3. The molecule has 1 atom stereocenters. The fourth-order valence-electron chi connectivity index (χ4n) is 2.82. The average Bonchev–Trinajstić information content (AvgIpc) is 2.54. The molecule has 0 aromatic heterocycles. The van der Waals surface area contributed by atoms with Crippen LogP contribution in [-0.4, -0.2) is 52.2 Å². The Morgan fingerprint density at radius 1 is 1.25 bits per heavy atom. The van der Waals surface area contributed by atoms with Crippen molar-refractivity contribution in [2.75, 3.05) is 32.8 Å². The van der Waals surface area contributed by atoms with Crippen molar-refractivity contribution in [2.24, 2.45) is 5.92 Å². The molecule has 5 nitrogen and oxygen atoms in total. The van der Waals surface area contributed by atoms with E-state index in [0.717, 1.165) is 24.0 Å². The number of benzene rings is 1. The molecule has 24 heavy (non-hydrogen) atoms. The highest BCUT2D eigenvalue weighted by Gasteiger charge is 2.25. The summed E-state index contributed by atoms with van der Waals surface area (Å²) in [7, 11) is -3.57. The lowest BCUT2D eigenvalue weighted by molar-refractivity contribution is 0.0134. The minimum absolute atomic E-state index is 0.176. The van der Waals surface area contributed by atoms with E-state index in [1.165, 1.54) is 0 Å². The molecule has 8 heteroatoms. The van der Waals surface area contributed by atoms with Crippen LogP contribution in [0.1, 0.15) is 20.3 Å². The Hall–Kier alpha value is 0.01000. The molecule has 1 unspecified atom stereocenters. The molecule has 0 saturated carbocycles. The lowest BCUT2D eigenvalue weighted by Crippen LogP contribution is -2.49. The van der Waals surface area contributed by atoms with Crippen molar-refractivity contribution in [1.82, 2.24) is 9.62 Å². The van der Waals surface area contributed by atoms with E-state index in [2.05, 4.69) is 55.3 Å². The van der Waals surface area contributed by atoms with E-state index in [1.807, 2.05) is 0 Å². The average molecular weight is 484 g/mol. The van der Waals surface area contributed by atoms with Gasteiger partial charge in [0.1, 0.15) is 0 Å². The lowest BCUT2D eigenvalue weighted by Gasteiger charge is -2.35. The highest BCUT2D eigenvalue weighted by atomic mass is 79.9. The third-order valence-corrected chi connectivity index (χ3v) is 6.91. The lowest BCUT2D eigenvalue weighted by atomic mass is 10.0. The second-order valence-electron chi connectivity index (χ2n) is 6.36. The molecule has 0 spiro atoms. The molecule has 0 aliphatic carbocycles. The second-order valence-corrected chi connectivity index (χ2v) is 9.86. The monoisotopic (exact) mass is 482 g/mol. The predicted octanol–water partition coefficient (Wildman–Crippen LogP) is 3.24. The summed E-state index contributed by atoms with van der Waals surface area (Å²) in [5, 5.41) is 0. The van der Waals surface area contributed by atoms with Crippen molar-refractivity contribution in [2.45, 2.75) is 31.2 Å². The minimum atomic E-state index is -3.57. The van der Waals surface area contributed by atoms with E-state index in [9.17, 15) is 8.42 Å². The van der Waals surface area contributed by atoms with Gasteiger partial charge in [-0.15, -0.1) is 0 Å². The number of halogens is 2. The van der Waals surface area contributed by atoms with Crippen molar-refractivity contribution in [3.05, 3.63) is 27.1 Å². The Morgan fingerprint density at radius 3 is 2.54 bits per heavy atom. The van der Waals surface area contributed by atoms with Gasteiger partial charge in [-0.05, 0) is 46.5 Å². The van der Waals surface area contributed by atoms with Crippen LogP contribution < -0.4 is 4.72 Å². The van der Waals surface area contributed by atoms with Crippen molar-refractivity contribution >= 4 is 41.9 Å². The first-order valence-corrected chi connectivity index (χ1v) is 11.1. The van der Waals surface area contributed by atoms with Gasteiger partial charge in [-0.2, -0.15) is 0 Å². The summed E-state index contributed by atoms with van der Waals surface area (Å²) in [6, 6.07) is 5.32. The van der Waals surface area contributed by atoms with Gasteiger partial charge in [0.15, 0.2) is 0 Å². The smallest absolute Gasteiger partial charge is 0.241 e. The molecular weight excluding hydrogens is 460 g/mol. The zero-order valence-electron chi connectivity index (χ0n) is 14.0. The molecule has 0 radical (unpaired) electrons. The van der Waals surface area contributed by atoms with Gasteiger partial charge in [-0.1, -0.05) is 29.8 Å². The Bertz CT molecular complexity index is 647. The third kappa shape index (κ3) is 5.78. The molecule has 1 heterocycles. The number of ether oxygens (including phenoxy) is 1. The van der Waals surface area contributed by atoms with Gasteiger partial charge in [0.2, 0.25) is 10.0 Å². The third-order valence-electron chi connectivity index (χ3n) is 4.00. The quantitative estimate of drug-likeness (QED) is 0.646. The van der Waals surface area contributed by atoms with Crippen LogP contribution in [0, 0.1) is 5.92 Å². The largest absolute Gasteiger partial charge is 0.379 e. The van der Waals surface area contributed by atoms with E-state index in [-0.39, 0.29) is 10.9 Å². The van der Waals surface area contributed by atoms with Gasteiger partial charge in [-0.25, -0.2) is 13.1 Å². The molecule has 1 fully saturated rings. The van der Waals surface area contributed by atoms with Crippen LogP contribution in [0.4, 0.5) is 0 Å². The minimum Gasteiger partial charge on any atom is -0.379 e. The summed E-state index contributed by atoms with van der Waals surface area (Å²) < 4.78 is 34.8. The van der Waals surface area contributed by atoms with E-state index in [0.29, 0.717) is 30.1 Å². The van der Waals surface area contributed by atoms with E-state index in [4.69, 9.17) is 4.74 Å². The van der Waals surface area contributed by atoms with Crippen LogP contribution in [-0.2, 0) is 14.8 Å². The van der Waals surface area contributed by atoms with Crippen LogP contribution in [0.3, 0.4) is 0 Å². The van der Waals surface area contributed by atoms with Gasteiger partial charge in [0, 0.05) is 34.6 Å². The summed E-state index contributed by atoms with van der Waals surface area (Å²) in [5.74, 6) is 0.500. The Balaban J connectivity index is 2.10. The van der Waals surface area contributed by atoms with E-state index < -0.39 is 10.0 Å². The van der Waals surface area contributed by atoms with E-state index in [1.54, 1.807) is 18.2 Å². The standard InChI is InChI=1S/C16H24Br2N2O3S/c1-12(2)9-14(20-5-7-23-8-6-20)11-19-24(21,22)16-10-13(17)3-4-15(16)18/h3-4,10,12,14,19H,5-9,11H2,1-2H3. The van der Waals surface area contributed by atoms with Crippen LogP contribution >= 0.6 is 31.9 Å². The van der Waals surface area contributed by atoms with Crippen LogP contribution in [0.5, 0.6) is 0 Å². The van der Waals surface area contributed by atoms with Crippen molar-refractivity contribution in [3.63, 3.8) is 0 Å². The van der Waals surface area contributed by atoms with Crippen LogP contribution in [0.15, 0.2) is 32.0 Å². The summed E-state index contributed by atoms with van der Waals surface area (Å²) >= 11 is 6.65. The molecule has 1 aromatic rings. The Kier molecular flexibility index (Phi) is 7.70. The summed E-state index contributed by atoms with van der Waals surface area (Å²) in [4.78, 5) is 2.57. The maximum Gasteiger partial charge on any atom is 0.241 e. The number of hydrogen-bond donors (Lipinski definition) is 1. The maximum absolute atomic E-state index is 12.7. The van der Waals surface area contributed by atoms with Crippen molar-refractivity contribution in [1.29, 1.82) is 0 Å². The maximum atomic E-state index is 12.7. The van der Waals surface area contributed by atoms with Gasteiger partial charge in [0.05, 0.1) is 18.1 Å². The highest BCUT2D eigenvalue weighted by molar-refractivity contribution is 9.11. The van der Waals surface area contributed by atoms with Crippen molar-refractivity contribution < 1.29 is 13.2 Å². The first-order valence-electron chi connectivity index (χ1n) is 8.06. The van der Waals surface area contributed by atoms with Gasteiger partial charge in [0.25, 0.3) is 0 Å². The fourth-order valence-corrected chi connectivity index (χ4v) is 5.39. The summed E-state index contributed by atoms with van der Waals surface area (Å²) in [5.41, 5.74) is 0. The molecule has 2 rings (SSSR count). The number of morpholine rings is 1. The predicted molar refractivity (Wildman–Crippen MR) is 103 cm³/mol. The molecule has 1 aliphatic rings. The second kappa shape index (κ2) is 9.09. The topological polar surface area (TPSA) is 58.6 Å². The van der Waals surface area contributed by atoms with Crippen LogP contribution in [0.2, 0.25) is 0 Å². The number of hydrogen-bond acceptors (Lipinski definition) is 4. The zero-order chi connectivity index (χ0) is 17.7. The molecule has 1 N–H and O–H groups in total. The summed E-state index contributed by atoms with van der Waals surface area (Å²) in [6.07, 6.45) is 0.947. The first-order chi connectivity index (χ1) is 11.3. The molecule has 1 aromatic carbocycles. The number of nitrogens with zero attached hydrogens (tertiary/aromatic N) is 1. The SMILES string of the molecule is CC(C)CC(CNS(=O)(=O)c1cc(Br)ccc1Br)N1CCOCC1. The molecule has 0 amide bonds. The zero-order valence-corrected chi connectivity index (χ0v) is 18.0. The molecule has 1 saturated heterocycles. The number of rotatable bonds is 7. The fraction of sp³-hybridized carbons (Fsp3) is 0.625. The highest BCUT2D eigenvalue weighted by Crippen LogP contribution is 2.25.